The number of benzene rings is 1. The molecule has 0 unspecified atom stereocenters. The Labute approximate surface area is 132 Å². The van der Waals surface area contributed by atoms with E-state index in [1.165, 1.54) is 11.3 Å². The zero-order valence-electron chi connectivity index (χ0n) is 12.2. The molecule has 3 nitrogen and oxygen atoms in total. The molecule has 2 aromatic rings. The summed E-state index contributed by atoms with van der Waals surface area (Å²) in [5.74, 6) is 0.858. The molecule has 0 spiro atoms. The maximum atomic E-state index is 12.3. The van der Waals surface area contributed by atoms with Gasteiger partial charge in [0.1, 0.15) is 10.8 Å². The summed E-state index contributed by atoms with van der Waals surface area (Å²) < 4.78 is 5.38. The maximum Gasteiger partial charge on any atom is 0.175 e. The van der Waals surface area contributed by atoms with Gasteiger partial charge in [-0.3, -0.25) is 4.79 Å². The van der Waals surface area contributed by atoms with Crippen molar-refractivity contribution in [1.82, 2.24) is 4.98 Å². The quantitative estimate of drug-likeness (QED) is 0.809. The van der Waals surface area contributed by atoms with Gasteiger partial charge in [0, 0.05) is 6.42 Å². The van der Waals surface area contributed by atoms with Crippen molar-refractivity contribution in [2.75, 3.05) is 7.11 Å². The number of Topliss-reactive ketones (excluding diaryl/α,β-unsaturated/α-hetero) is 1. The Morgan fingerprint density at radius 3 is 2.81 bits per heavy atom. The Morgan fingerprint density at radius 1 is 1.33 bits per heavy atom. The molecule has 0 radical (unpaired) electrons. The van der Waals surface area contributed by atoms with E-state index in [1.807, 2.05) is 18.2 Å². The van der Waals surface area contributed by atoms with Crippen LogP contribution in [0.25, 0.3) is 10.6 Å². The maximum absolute atomic E-state index is 12.3. The fourth-order valence-electron chi connectivity index (χ4n) is 2.71. The lowest BCUT2D eigenvalue weighted by atomic mass is 9.78. The molecule has 3 rings (SSSR count). The van der Waals surface area contributed by atoms with Crippen molar-refractivity contribution in [3.63, 3.8) is 0 Å². The van der Waals surface area contributed by atoms with Gasteiger partial charge in [0.2, 0.25) is 0 Å². The third-order valence-electron chi connectivity index (χ3n) is 3.64. The predicted molar refractivity (Wildman–Crippen MR) is 85.5 cm³/mol. The molecule has 1 aliphatic carbocycles. The summed E-state index contributed by atoms with van der Waals surface area (Å²) in [6.07, 6.45) is 1.39. The van der Waals surface area contributed by atoms with Crippen LogP contribution < -0.4 is 4.74 Å². The van der Waals surface area contributed by atoms with Crippen molar-refractivity contribution < 1.29 is 9.53 Å². The number of ether oxygens (including phenoxy) is 1. The van der Waals surface area contributed by atoms with Gasteiger partial charge in [0.25, 0.3) is 0 Å². The van der Waals surface area contributed by atoms with Gasteiger partial charge in [0.05, 0.1) is 28.3 Å². The Hall–Kier alpha value is -1.39. The minimum Gasteiger partial charge on any atom is -0.496 e. The molecule has 1 heterocycles. The van der Waals surface area contributed by atoms with Crippen LogP contribution in [0.5, 0.6) is 5.75 Å². The average molecular weight is 322 g/mol. The van der Waals surface area contributed by atoms with Crippen LogP contribution in [0.2, 0.25) is 5.02 Å². The first-order valence-electron chi connectivity index (χ1n) is 6.77. The molecule has 0 saturated carbocycles. The smallest absolute Gasteiger partial charge is 0.175 e. The van der Waals surface area contributed by atoms with Crippen molar-refractivity contribution in [2.45, 2.75) is 26.7 Å². The topological polar surface area (TPSA) is 39.2 Å². The van der Waals surface area contributed by atoms with Crippen LogP contribution in [0, 0.1) is 5.41 Å². The number of rotatable bonds is 2. The van der Waals surface area contributed by atoms with E-state index in [0.717, 1.165) is 27.6 Å². The number of carbonyl (C=O) groups is 1. The van der Waals surface area contributed by atoms with Crippen molar-refractivity contribution in [3.8, 4) is 16.3 Å². The Bertz CT molecular complexity index is 721. The molecule has 0 bridgehead atoms. The standard InChI is InChI=1S/C16H16ClNO2S/c1-16(2)7-10-14(11(19)8-16)21-15(18-10)13-9(17)5-4-6-12(13)20-3/h4-6H,7-8H2,1-3H3. The molecule has 0 atom stereocenters. The molecule has 1 aromatic carbocycles. The molecule has 0 N–H and O–H groups in total. The van der Waals surface area contributed by atoms with Gasteiger partial charge < -0.3 is 4.74 Å². The number of thiazole rings is 1. The molecule has 0 aliphatic heterocycles. The van der Waals surface area contributed by atoms with Gasteiger partial charge in [-0.05, 0) is 24.0 Å². The Morgan fingerprint density at radius 2 is 2.10 bits per heavy atom. The van der Waals surface area contributed by atoms with Gasteiger partial charge in [-0.2, -0.15) is 0 Å². The van der Waals surface area contributed by atoms with Crippen LogP contribution in [-0.2, 0) is 6.42 Å². The predicted octanol–water partition coefficient (Wildman–Crippen LogP) is 4.63. The van der Waals surface area contributed by atoms with E-state index >= 15 is 0 Å². The summed E-state index contributed by atoms with van der Waals surface area (Å²) in [7, 11) is 1.61. The molecular formula is C16H16ClNO2S. The fourth-order valence-corrected chi connectivity index (χ4v) is 4.10. The lowest BCUT2D eigenvalue weighted by molar-refractivity contribution is 0.0916. The summed E-state index contributed by atoms with van der Waals surface area (Å²) in [5, 5.41) is 1.35. The number of aromatic nitrogens is 1. The van der Waals surface area contributed by atoms with E-state index in [-0.39, 0.29) is 11.2 Å². The third-order valence-corrected chi connectivity index (χ3v) is 5.12. The van der Waals surface area contributed by atoms with Crippen LogP contribution in [0.4, 0.5) is 0 Å². The van der Waals surface area contributed by atoms with Crippen molar-refractivity contribution >= 4 is 28.7 Å². The van der Waals surface area contributed by atoms with E-state index in [9.17, 15) is 4.79 Å². The molecule has 0 amide bonds. The second-order valence-corrected chi connectivity index (χ2v) is 7.46. The van der Waals surface area contributed by atoms with Gasteiger partial charge in [-0.15, -0.1) is 11.3 Å². The largest absolute Gasteiger partial charge is 0.496 e. The molecule has 21 heavy (non-hydrogen) atoms. The second-order valence-electron chi connectivity index (χ2n) is 6.05. The summed E-state index contributed by atoms with van der Waals surface area (Å²) in [6.45, 7) is 4.20. The molecule has 5 heteroatoms. The van der Waals surface area contributed by atoms with E-state index in [0.29, 0.717) is 17.2 Å². The monoisotopic (exact) mass is 321 g/mol. The van der Waals surface area contributed by atoms with Crippen LogP contribution in [0.3, 0.4) is 0 Å². The number of methoxy groups -OCH3 is 1. The Kier molecular flexibility index (Phi) is 3.54. The summed E-state index contributed by atoms with van der Waals surface area (Å²) >= 11 is 7.72. The summed E-state index contributed by atoms with van der Waals surface area (Å²) in [5.41, 5.74) is 1.63. The van der Waals surface area contributed by atoms with Crippen LogP contribution >= 0.6 is 22.9 Å². The molecule has 1 aromatic heterocycles. The minimum absolute atomic E-state index is 0.0278. The SMILES string of the molecule is COc1cccc(Cl)c1-c1nc2c(s1)C(=O)CC(C)(C)C2. The van der Waals surface area contributed by atoms with E-state index < -0.39 is 0 Å². The van der Waals surface area contributed by atoms with Gasteiger partial charge >= 0.3 is 0 Å². The summed E-state index contributed by atoms with van der Waals surface area (Å²) in [4.78, 5) is 17.7. The first-order chi connectivity index (χ1) is 9.91. The van der Waals surface area contributed by atoms with Crippen molar-refractivity contribution in [1.29, 1.82) is 0 Å². The molecule has 1 aliphatic rings. The Balaban J connectivity index is 2.13. The van der Waals surface area contributed by atoms with Crippen LogP contribution in [0.15, 0.2) is 18.2 Å². The first-order valence-corrected chi connectivity index (χ1v) is 7.96. The molecule has 110 valence electrons. The van der Waals surface area contributed by atoms with E-state index in [4.69, 9.17) is 16.3 Å². The third kappa shape index (κ3) is 2.58. The number of nitrogens with zero attached hydrogens (tertiary/aromatic N) is 1. The number of carbonyl (C=O) groups excluding carboxylic acids is 1. The van der Waals surface area contributed by atoms with E-state index in [2.05, 4.69) is 18.8 Å². The first kappa shape index (κ1) is 14.5. The summed E-state index contributed by atoms with van der Waals surface area (Å²) in [6, 6.07) is 5.51. The highest BCUT2D eigenvalue weighted by Gasteiger charge is 2.34. The number of hydrogen-bond acceptors (Lipinski definition) is 4. The van der Waals surface area contributed by atoms with Crippen molar-refractivity contribution in [3.05, 3.63) is 33.8 Å². The molecular weight excluding hydrogens is 306 g/mol. The number of halogens is 1. The highest BCUT2D eigenvalue weighted by molar-refractivity contribution is 7.17. The van der Waals surface area contributed by atoms with Gasteiger partial charge in [-0.1, -0.05) is 31.5 Å². The lowest BCUT2D eigenvalue weighted by Crippen LogP contribution is -2.25. The number of hydrogen-bond donors (Lipinski definition) is 0. The van der Waals surface area contributed by atoms with Crippen molar-refractivity contribution in [2.24, 2.45) is 5.41 Å². The van der Waals surface area contributed by atoms with Crippen LogP contribution in [-0.4, -0.2) is 17.9 Å². The van der Waals surface area contributed by atoms with Crippen LogP contribution in [0.1, 0.15) is 35.6 Å². The lowest BCUT2D eigenvalue weighted by Gasteiger charge is -2.26. The molecule has 0 fully saturated rings. The second kappa shape index (κ2) is 5.11. The van der Waals surface area contributed by atoms with E-state index in [1.54, 1.807) is 7.11 Å². The zero-order chi connectivity index (χ0) is 15.2. The highest BCUT2D eigenvalue weighted by Crippen LogP contribution is 2.43. The normalized spacial score (nSPS) is 16.7. The number of ketones is 1. The molecule has 0 saturated heterocycles. The highest BCUT2D eigenvalue weighted by atomic mass is 35.5. The average Bonchev–Trinajstić information content (AvgIpc) is 2.80. The minimum atomic E-state index is -0.0278. The fraction of sp³-hybridized carbons (Fsp3) is 0.375. The van der Waals surface area contributed by atoms with Gasteiger partial charge in [-0.25, -0.2) is 4.98 Å². The van der Waals surface area contributed by atoms with Gasteiger partial charge in [0.15, 0.2) is 5.78 Å². The number of fused-ring (bicyclic) bond motifs is 1. The zero-order valence-corrected chi connectivity index (χ0v) is 13.8.